The van der Waals surface area contributed by atoms with Gasteiger partial charge in [-0.3, -0.25) is 9.59 Å². The van der Waals surface area contributed by atoms with Crippen molar-refractivity contribution in [2.24, 2.45) is 0 Å². The normalized spacial score (nSPS) is 17.5. The number of para-hydroxylation sites is 1. The molecular weight excluding hydrogens is 294 g/mol. The molecule has 0 aromatic heterocycles. The number of carbonyl (C=O) groups excluding carboxylic acids is 2. The zero-order valence-corrected chi connectivity index (χ0v) is 12.7. The summed E-state index contributed by atoms with van der Waals surface area (Å²) >= 11 is 0. The van der Waals surface area contributed by atoms with Crippen molar-refractivity contribution in [3.8, 4) is 0 Å². The summed E-state index contributed by atoms with van der Waals surface area (Å²) in [5.41, 5.74) is 0.720. The molecule has 1 aromatic rings. The highest BCUT2D eigenvalue weighted by Crippen LogP contribution is 2.05. The lowest BCUT2D eigenvalue weighted by atomic mass is 10.2. The highest BCUT2D eigenvalue weighted by atomic mass is 35.5. The van der Waals surface area contributed by atoms with Gasteiger partial charge in [-0.05, 0) is 12.1 Å². The van der Waals surface area contributed by atoms with E-state index in [2.05, 4.69) is 10.6 Å². The summed E-state index contributed by atoms with van der Waals surface area (Å²) in [6, 6.07) is 8.80. The van der Waals surface area contributed by atoms with Crippen LogP contribution in [-0.2, 0) is 14.3 Å². The van der Waals surface area contributed by atoms with Crippen LogP contribution in [0.5, 0.6) is 0 Å². The van der Waals surface area contributed by atoms with Gasteiger partial charge in [0.25, 0.3) is 0 Å². The Morgan fingerprint density at radius 3 is 2.71 bits per heavy atom. The summed E-state index contributed by atoms with van der Waals surface area (Å²) in [6.07, 6.45) is 0. The number of nitrogens with one attached hydrogen (secondary N) is 2. The number of anilines is 1. The van der Waals surface area contributed by atoms with Gasteiger partial charge in [0.05, 0.1) is 19.8 Å². The molecule has 6 nitrogen and oxygen atoms in total. The highest BCUT2D eigenvalue weighted by molar-refractivity contribution is 5.95. The maximum Gasteiger partial charge on any atom is 0.243 e. The average Bonchev–Trinajstić information content (AvgIpc) is 2.48. The molecule has 1 saturated heterocycles. The lowest BCUT2D eigenvalue weighted by Crippen LogP contribution is -2.52. The Hall–Kier alpha value is -1.63. The van der Waals surface area contributed by atoms with Crippen molar-refractivity contribution in [2.75, 3.05) is 38.7 Å². The van der Waals surface area contributed by atoms with Crippen LogP contribution in [0.2, 0.25) is 0 Å². The number of amides is 2. The Bertz CT molecular complexity index is 464. The number of hydrogen-bond donors (Lipinski definition) is 2. The molecule has 0 bridgehead atoms. The van der Waals surface area contributed by atoms with Gasteiger partial charge in [0.1, 0.15) is 6.04 Å². The predicted octanol–water partition coefficient (Wildman–Crippen LogP) is 0.494. The molecule has 0 aliphatic carbocycles. The van der Waals surface area contributed by atoms with Crippen molar-refractivity contribution in [3.05, 3.63) is 30.3 Å². The number of benzene rings is 1. The van der Waals surface area contributed by atoms with E-state index in [1.807, 2.05) is 18.2 Å². The molecule has 7 heteroatoms. The summed E-state index contributed by atoms with van der Waals surface area (Å²) < 4.78 is 5.24. The van der Waals surface area contributed by atoms with E-state index in [4.69, 9.17) is 4.74 Å². The molecular formula is C14H20ClN3O3. The number of rotatable bonds is 4. The molecule has 0 saturated carbocycles. The zero-order valence-electron chi connectivity index (χ0n) is 11.9. The number of halogens is 1. The maximum atomic E-state index is 12.1. The average molecular weight is 314 g/mol. The van der Waals surface area contributed by atoms with E-state index in [9.17, 15) is 9.59 Å². The van der Waals surface area contributed by atoms with Gasteiger partial charge in [0, 0.05) is 19.3 Å². The zero-order chi connectivity index (χ0) is 14.4. The van der Waals surface area contributed by atoms with Crippen LogP contribution < -0.4 is 10.6 Å². The van der Waals surface area contributed by atoms with Gasteiger partial charge < -0.3 is 20.3 Å². The van der Waals surface area contributed by atoms with Crippen LogP contribution in [0.15, 0.2) is 30.3 Å². The largest absolute Gasteiger partial charge is 0.378 e. The van der Waals surface area contributed by atoms with Crippen LogP contribution in [0.1, 0.15) is 0 Å². The van der Waals surface area contributed by atoms with Gasteiger partial charge in [-0.1, -0.05) is 18.2 Å². The molecule has 1 aliphatic heterocycles. The number of nitrogens with zero attached hydrogens (tertiary/aromatic N) is 1. The number of ether oxygens (including phenoxy) is 1. The molecule has 1 unspecified atom stereocenters. The molecule has 0 radical (unpaired) electrons. The minimum atomic E-state index is -0.363. The third-order valence-electron chi connectivity index (χ3n) is 3.03. The second-order valence-electron chi connectivity index (χ2n) is 4.69. The summed E-state index contributed by atoms with van der Waals surface area (Å²) in [5, 5.41) is 5.82. The third-order valence-corrected chi connectivity index (χ3v) is 3.03. The Labute approximate surface area is 130 Å². The number of likely N-dealkylation sites (N-methyl/N-ethyl adjacent to an activating group) is 1. The standard InChI is InChI=1S/C14H19N3O3.ClH/c1-17(14(19)12-10-20-8-7-15-12)9-13(18)16-11-5-3-2-4-6-11;/h2-6,12,15H,7-10H2,1H3,(H,16,18);1H. The summed E-state index contributed by atoms with van der Waals surface area (Å²) in [5.74, 6) is -0.350. The molecule has 1 heterocycles. The molecule has 1 aliphatic rings. The number of hydrogen-bond acceptors (Lipinski definition) is 4. The first-order valence-electron chi connectivity index (χ1n) is 6.58. The Morgan fingerprint density at radius 1 is 1.38 bits per heavy atom. The van der Waals surface area contributed by atoms with Crippen LogP contribution in [0.25, 0.3) is 0 Å². The quantitative estimate of drug-likeness (QED) is 0.849. The van der Waals surface area contributed by atoms with E-state index in [-0.39, 0.29) is 36.8 Å². The fourth-order valence-electron chi connectivity index (χ4n) is 2.01. The van der Waals surface area contributed by atoms with Gasteiger partial charge in [0.15, 0.2) is 0 Å². The Kier molecular flexibility index (Phi) is 7.14. The van der Waals surface area contributed by atoms with Crippen molar-refractivity contribution >= 4 is 29.9 Å². The van der Waals surface area contributed by atoms with Crippen molar-refractivity contribution in [1.82, 2.24) is 10.2 Å². The number of morpholine rings is 1. The molecule has 1 fully saturated rings. The van der Waals surface area contributed by atoms with Crippen LogP contribution in [0.3, 0.4) is 0 Å². The first kappa shape index (κ1) is 17.4. The van der Waals surface area contributed by atoms with E-state index in [1.54, 1.807) is 19.2 Å². The van der Waals surface area contributed by atoms with Crippen molar-refractivity contribution < 1.29 is 14.3 Å². The number of carbonyl (C=O) groups is 2. The second-order valence-corrected chi connectivity index (χ2v) is 4.69. The van der Waals surface area contributed by atoms with Gasteiger partial charge in [-0.2, -0.15) is 0 Å². The summed E-state index contributed by atoms with van der Waals surface area (Å²) in [6.45, 7) is 1.64. The highest BCUT2D eigenvalue weighted by Gasteiger charge is 2.25. The van der Waals surface area contributed by atoms with E-state index in [0.29, 0.717) is 19.8 Å². The monoisotopic (exact) mass is 313 g/mol. The molecule has 1 aromatic carbocycles. The topological polar surface area (TPSA) is 70.7 Å². The fourth-order valence-corrected chi connectivity index (χ4v) is 2.01. The fraction of sp³-hybridized carbons (Fsp3) is 0.429. The molecule has 2 rings (SSSR count). The first-order chi connectivity index (χ1) is 9.66. The SMILES string of the molecule is CN(CC(=O)Nc1ccccc1)C(=O)C1COCCN1.Cl. The van der Waals surface area contributed by atoms with Crippen LogP contribution >= 0.6 is 12.4 Å². The molecule has 0 spiro atoms. The minimum absolute atomic E-state index is 0. The predicted molar refractivity (Wildman–Crippen MR) is 82.6 cm³/mol. The van der Waals surface area contributed by atoms with E-state index in [1.165, 1.54) is 4.90 Å². The lowest BCUT2D eigenvalue weighted by Gasteiger charge is -2.27. The van der Waals surface area contributed by atoms with E-state index in [0.717, 1.165) is 5.69 Å². The van der Waals surface area contributed by atoms with Gasteiger partial charge >= 0.3 is 0 Å². The third kappa shape index (κ3) is 5.34. The lowest BCUT2D eigenvalue weighted by molar-refractivity contribution is -0.137. The van der Waals surface area contributed by atoms with Gasteiger partial charge in [-0.25, -0.2) is 0 Å². The molecule has 1 atom stereocenters. The first-order valence-corrected chi connectivity index (χ1v) is 6.58. The maximum absolute atomic E-state index is 12.1. The summed E-state index contributed by atoms with van der Waals surface area (Å²) in [4.78, 5) is 25.4. The minimum Gasteiger partial charge on any atom is -0.378 e. The van der Waals surface area contributed by atoms with Crippen molar-refractivity contribution in [3.63, 3.8) is 0 Å². The van der Waals surface area contributed by atoms with Crippen LogP contribution in [0, 0.1) is 0 Å². The molecule has 2 N–H and O–H groups in total. The molecule has 21 heavy (non-hydrogen) atoms. The van der Waals surface area contributed by atoms with Gasteiger partial charge in [-0.15, -0.1) is 12.4 Å². The second kappa shape index (κ2) is 8.61. The Balaban J connectivity index is 0.00000220. The summed E-state index contributed by atoms with van der Waals surface area (Å²) in [7, 11) is 1.61. The van der Waals surface area contributed by atoms with Crippen molar-refractivity contribution in [1.29, 1.82) is 0 Å². The van der Waals surface area contributed by atoms with Crippen molar-refractivity contribution in [2.45, 2.75) is 6.04 Å². The van der Waals surface area contributed by atoms with E-state index >= 15 is 0 Å². The Morgan fingerprint density at radius 2 is 2.10 bits per heavy atom. The molecule has 2 amide bonds. The smallest absolute Gasteiger partial charge is 0.243 e. The molecule has 116 valence electrons. The van der Waals surface area contributed by atoms with Crippen LogP contribution in [0.4, 0.5) is 5.69 Å². The van der Waals surface area contributed by atoms with Crippen LogP contribution in [-0.4, -0.2) is 56.1 Å². The van der Waals surface area contributed by atoms with Gasteiger partial charge in [0.2, 0.25) is 11.8 Å². The van der Waals surface area contributed by atoms with E-state index < -0.39 is 0 Å².